The van der Waals surface area contributed by atoms with Crippen LogP contribution in [0.15, 0.2) is 30.3 Å². The van der Waals surface area contributed by atoms with Crippen LogP contribution in [0, 0.1) is 11.6 Å². The van der Waals surface area contributed by atoms with E-state index < -0.39 is 11.6 Å². The van der Waals surface area contributed by atoms with Crippen molar-refractivity contribution in [3.63, 3.8) is 0 Å². The standard InChI is InChI=1S/C21H28F2N4.C2H6/c1-14-5-4-6-16(24-2)9-7-15-8-12-20(26-21(15)27(14)3)25-17-10-11-18(22)19(23)13-17;1-2/h8,10-14,16,24H,4-7,9H2,1-3H3,(H,25,26);1-2H3. The lowest BCUT2D eigenvalue weighted by atomic mass is 9.97. The molecule has 0 amide bonds. The zero-order valence-electron chi connectivity index (χ0n) is 18.2. The van der Waals surface area contributed by atoms with Crippen LogP contribution in [0.4, 0.5) is 26.1 Å². The predicted octanol–water partition coefficient (Wildman–Crippen LogP) is 5.66. The van der Waals surface area contributed by atoms with Crippen molar-refractivity contribution in [2.75, 3.05) is 24.3 Å². The number of anilines is 3. The quantitative estimate of drug-likeness (QED) is 0.693. The van der Waals surface area contributed by atoms with E-state index >= 15 is 0 Å². The number of nitrogens with one attached hydrogen (secondary N) is 2. The van der Waals surface area contributed by atoms with Gasteiger partial charge in [-0.2, -0.15) is 0 Å². The molecule has 4 nitrogen and oxygen atoms in total. The van der Waals surface area contributed by atoms with Gasteiger partial charge in [-0.25, -0.2) is 13.8 Å². The minimum atomic E-state index is -0.872. The first-order chi connectivity index (χ1) is 14.0. The first kappa shape index (κ1) is 23.1. The van der Waals surface area contributed by atoms with E-state index in [1.54, 1.807) is 0 Å². The molecule has 0 saturated heterocycles. The summed E-state index contributed by atoms with van der Waals surface area (Å²) >= 11 is 0. The van der Waals surface area contributed by atoms with Crippen LogP contribution in [0.3, 0.4) is 0 Å². The molecule has 1 aliphatic rings. The maximum atomic E-state index is 13.5. The van der Waals surface area contributed by atoms with Crippen molar-refractivity contribution in [1.29, 1.82) is 0 Å². The molecule has 29 heavy (non-hydrogen) atoms. The van der Waals surface area contributed by atoms with E-state index in [1.165, 1.54) is 24.5 Å². The van der Waals surface area contributed by atoms with E-state index in [9.17, 15) is 8.78 Å². The highest BCUT2D eigenvalue weighted by Gasteiger charge is 2.19. The number of aromatic nitrogens is 1. The minimum absolute atomic E-state index is 0.380. The molecule has 2 heterocycles. The Balaban J connectivity index is 0.00000145. The van der Waals surface area contributed by atoms with Crippen LogP contribution in [-0.2, 0) is 6.42 Å². The third kappa shape index (κ3) is 6.13. The van der Waals surface area contributed by atoms with Crippen molar-refractivity contribution in [3.05, 3.63) is 47.5 Å². The summed E-state index contributed by atoms with van der Waals surface area (Å²) < 4.78 is 26.6. The number of halogens is 2. The van der Waals surface area contributed by atoms with Gasteiger partial charge in [0.05, 0.1) is 0 Å². The van der Waals surface area contributed by atoms with Gasteiger partial charge in [0.25, 0.3) is 0 Å². The van der Waals surface area contributed by atoms with Crippen molar-refractivity contribution in [2.45, 2.75) is 65.0 Å². The smallest absolute Gasteiger partial charge is 0.160 e. The van der Waals surface area contributed by atoms with E-state index in [-0.39, 0.29) is 0 Å². The molecule has 0 bridgehead atoms. The lowest BCUT2D eigenvalue weighted by Crippen LogP contribution is -2.33. The monoisotopic (exact) mass is 404 g/mol. The lowest BCUT2D eigenvalue weighted by molar-refractivity contribution is 0.445. The summed E-state index contributed by atoms with van der Waals surface area (Å²) in [4.78, 5) is 7.02. The SMILES string of the molecule is CC.CNC1CCCC(C)N(C)c2nc(Nc3ccc(F)c(F)c3)ccc2CC1. The molecule has 2 atom stereocenters. The zero-order valence-corrected chi connectivity index (χ0v) is 18.2. The molecule has 1 aromatic carbocycles. The summed E-state index contributed by atoms with van der Waals surface area (Å²) in [6.45, 7) is 6.22. The van der Waals surface area contributed by atoms with Gasteiger partial charge in [-0.15, -0.1) is 0 Å². The molecule has 6 heteroatoms. The number of aryl methyl sites for hydroxylation is 1. The Morgan fingerprint density at radius 2 is 1.79 bits per heavy atom. The average Bonchev–Trinajstić information content (AvgIpc) is 2.74. The van der Waals surface area contributed by atoms with E-state index in [2.05, 4.69) is 35.6 Å². The molecule has 2 aromatic rings. The van der Waals surface area contributed by atoms with Crippen LogP contribution < -0.4 is 15.5 Å². The second-order valence-electron chi connectivity index (χ2n) is 7.35. The summed E-state index contributed by atoms with van der Waals surface area (Å²) in [6.07, 6.45) is 5.50. The normalized spacial score (nSPS) is 19.6. The Morgan fingerprint density at radius 1 is 1.03 bits per heavy atom. The number of hydrogen-bond acceptors (Lipinski definition) is 4. The molecule has 0 aliphatic carbocycles. The molecule has 160 valence electrons. The van der Waals surface area contributed by atoms with Gasteiger partial charge >= 0.3 is 0 Å². The maximum Gasteiger partial charge on any atom is 0.160 e. The molecular formula is C23H34F2N4. The van der Waals surface area contributed by atoms with E-state index in [0.29, 0.717) is 23.6 Å². The minimum Gasteiger partial charge on any atom is -0.357 e. The molecule has 0 saturated carbocycles. The predicted molar refractivity (Wildman–Crippen MR) is 118 cm³/mol. The van der Waals surface area contributed by atoms with Crippen molar-refractivity contribution >= 4 is 17.3 Å². The molecule has 0 radical (unpaired) electrons. The summed E-state index contributed by atoms with van der Waals surface area (Å²) in [5.41, 5.74) is 1.69. The number of rotatable bonds is 3. The molecular weight excluding hydrogens is 370 g/mol. The van der Waals surface area contributed by atoms with Gasteiger partial charge in [0.1, 0.15) is 11.6 Å². The van der Waals surface area contributed by atoms with Crippen molar-refractivity contribution < 1.29 is 8.78 Å². The van der Waals surface area contributed by atoms with Crippen molar-refractivity contribution in [2.24, 2.45) is 0 Å². The fourth-order valence-electron chi connectivity index (χ4n) is 3.59. The van der Waals surface area contributed by atoms with E-state index in [1.807, 2.05) is 27.0 Å². The van der Waals surface area contributed by atoms with Crippen molar-refractivity contribution in [3.8, 4) is 0 Å². The fraction of sp³-hybridized carbons (Fsp3) is 0.522. The summed E-state index contributed by atoms with van der Waals surface area (Å²) in [5, 5.41) is 6.50. The lowest BCUT2D eigenvalue weighted by Gasteiger charge is -2.30. The van der Waals surface area contributed by atoms with Gasteiger partial charge < -0.3 is 15.5 Å². The maximum absolute atomic E-state index is 13.5. The van der Waals surface area contributed by atoms with Crippen LogP contribution in [0.1, 0.15) is 52.0 Å². The highest BCUT2D eigenvalue weighted by molar-refractivity contribution is 5.60. The molecule has 3 rings (SSSR count). The molecule has 2 unspecified atom stereocenters. The zero-order chi connectivity index (χ0) is 21.4. The molecule has 1 aliphatic heterocycles. The third-order valence-electron chi connectivity index (χ3n) is 5.49. The van der Waals surface area contributed by atoms with Crippen LogP contribution in [0.2, 0.25) is 0 Å². The number of pyridine rings is 1. The molecule has 0 fully saturated rings. The van der Waals surface area contributed by atoms with Crippen LogP contribution in [-0.4, -0.2) is 31.2 Å². The second-order valence-corrected chi connectivity index (χ2v) is 7.35. The van der Waals surface area contributed by atoms with Gasteiger partial charge in [0.2, 0.25) is 0 Å². The Morgan fingerprint density at radius 3 is 2.48 bits per heavy atom. The summed E-state index contributed by atoms with van der Waals surface area (Å²) in [5.74, 6) is -0.151. The first-order valence-corrected chi connectivity index (χ1v) is 10.6. The first-order valence-electron chi connectivity index (χ1n) is 10.6. The Labute approximate surface area is 173 Å². The van der Waals surface area contributed by atoms with E-state index in [0.717, 1.165) is 37.2 Å². The second kappa shape index (κ2) is 11.1. The Kier molecular flexibility index (Phi) is 8.83. The van der Waals surface area contributed by atoms with Gasteiger partial charge in [-0.1, -0.05) is 19.9 Å². The number of benzene rings is 1. The average molecular weight is 405 g/mol. The van der Waals surface area contributed by atoms with Gasteiger partial charge in [-0.3, -0.25) is 0 Å². The van der Waals surface area contributed by atoms with Gasteiger partial charge in [-0.05, 0) is 69.8 Å². The highest BCUT2D eigenvalue weighted by atomic mass is 19.2. The van der Waals surface area contributed by atoms with Gasteiger partial charge in [0.15, 0.2) is 11.6 Å². The van der Waals surface area contributed by atoms with Crippen LogP contribution in [0.5, 0.6) is 0 Å². The molecule has 0 spiro atoms. The number of nitrogens with zero attached hydrogens (tertiary/aromatic N) is 2. The van der Waals surface area contributed by atoms with Crippen LogP contribution in [0.25, 0.3) is 0 Å². The third-order valence-corrected chi connectivity index (χ3v) is 5.49. The molecule has 2 N–H and O–H groups in total. The number of fused-ring (bicyclic) bond motifs is 1. The topological polar surface area (TPSA) is 40.2 Å². The Bertz CT molecular complexity index is 781. The van der Waals surface area contributed by atoms with Gasteiger partial charge in [0, 0.05) is 30.9 Å². The highest BCUT2D eigenvalue weighted by Crippen LogP contribution is 2.28. The fourth-order valence-corrected chi connectivity index (χ4v) is 3.59. The van der Waals surface area contributed by atoms with Crippen LogP contribution >= 0.6 is 0 Å². The Hall–Kier alpha value is -2.21. The largest absolute Gasteiger partial charge is 0.357 e. The number of hydrogen-bond donors (Lipinski definition) is 2. The van der Waals surface area contributed by atoms with E-state index in [4.69, 9.17) is 4.98 Å². The molecule has 1 aromatic heterocycles. The summed E-state index contributed by atoms with van der Waals surface area (Å²) in [7, 11) is 4.11. The summed E-state index contributed by atoms with van der Waals surface area (Å²) in [6, 6.07) is 8.66. The van der Waals surface area contributed by atoms with Crippen molar-refractivity contribution in [1.82, 2.24) is 10.3 Å².